The molecule has 0 saturated carbocycles. The van der Waals surface area contributed by atoms with Crippen LogP contribution in [0.1, 0.15) is 18.0 Å². The number of amides is 1. The van der Waals surface area contributed by atoms with Gasteiger partial charge >= 0.3 is 6.03 Å². The standard InChI is InChI=1S/C18H20FN3OS/c1-21(2)17(14-6-8-24-12-14)5-7-20-18(23)22-10-13-3-4-16(19)9-15(13)11-22/h3-4,6,8-12,17H,5,7H2,1-2H3,(H,20,23)/t17-/m1/s1. The number of hydrogen-bond acceptors (Lipinski definition) is 3. The zero-order valence-electron chi connectivity index (χ0n) is 13.7. The van der Waals surface area contributed by atoms with E-state index in [1.807, 2.05) is 14.1 Å². The monoisotopic (exact) mass is 345 g/mol. The van der Waals surface area contributed by atoms with Crippen LogP contribution in [-0.4, -0.2) is 36.1 Å². The molecular weight excluding hydrogens is 325 g/mol. The van der Waals surface area contributed by atoms with Crippen molar-refractivity contribution in [3.63, 3.8) is 0 Å². The molecule has 3 rings (SSSR count). The van der Waals surface area contributed by atoms with Crippen LogP contribution < -0.4 is 5.32 Å². The molecule has 0 aliphatic carbocycles. The molecule has 1 atom stereocenters. The summed E-state index contributed by atoms with van der Waals surface area (Å²) in [5, 5.41) is 8.69. The number of carbonyl (C=O) groups excluding carboxylic acids is 1. The minimum absolute atomic E-state index is 0.200. The number of hydrogen-bond donors (Lipinski definition) is 1. The summed E-state index contributed by atoms with van der Waals surface area (Å²) in [7, 11) is 4.08. The number of carbonyl (C=O) groups is 1. The summed E-state index contributed by atoms with van der Waals surface area (Å²) in [5.74, 6) is -0.301. The van der Waals surface area contributed by atoms with Crippen molar-refractivity contribution in [1.82, 2.24) is 14.8 Å². The van der Waals surface area contributed by atoms with Gasteiger partial charge in [0.1, 0.15) is 5.82 Å². The quantitative estimate of drug-likeness (QED) is 0.756. The van der Waals surface area contributed by atoms with Gasteiger partial charge in [0.2, 0.25) is 0 Å². The topological polar surface area (TPSA) is 37.3 Å². The second-order valence-electron chi connectivity index (χ2n) is 6.00. The maximum Gasteiger partial charge on any atom is 0.325 e. The van der Waals surface area contributed by atoms with Crippen LogP contribution in [0.2, 0.25) is 0 Å². The van der Waals surface area contributed by atoms with Crippen LogP contribution in [0.25, 0.3) is 10.8 Å². The smallest absolute Gasteiger partial charge is 0.325 e. The van der Waals surface area contributed by atoms with E-state index in [2.05, 4.69) is 27.0 Å². The third-order valence-corrected chi connectivity index (χ3v) is 4.79. The minimum Gasteiger partial charge on any atom is -0.337 e. The SMILES string of the molecule is CN(C)[C@H](CCNC(=O)n1cc2ccc(F)cc2c1)c1ccsc1. The van der Waals surface area contributed by atoms with E-state index in [0.29, 0.717) is 6.54 Å². The highest BCUT2D eigenvalue weighted by Gasteiger charge is 2.15. The third kappa shape index (κ3) is 3.66. The minimum atomic E-state index is -0.301. The van der Waals surface area contributed by atoms with Crippen LogP contribution in [0.15, 0.2) is 47.4 Å². The van der Waals surface area contributed by atoms with E-state index in [1.54, 1.807) is 29.8 Å². The number of nitrogens with one attached hydrogen (secondary N) is 1. The predicted octanol–water partition coefficient (Wildman–Crippen LogP) is 4.09. The van der Waals surface area contributed by atoms with E-state index >= 15 is 0 Å². The lowest BCUT2D eigenvalue weighted by molar-refractivity contribution is 0.238. The molecule has 6 heteroatoms. The van der Waals surface area contributed by atoms with Crippen LogP contribution in [0, 0.1) is 5.82 Å². The van der Waals surface area contributed by atoms with Gasteiger partial charge in [-0.3, -0.25) is 4.57 Å². The Morgan fingerprint density at radius 1 is 1.29 bits per heavy atom. The first kappa shape index (κ1) is 16.7. The molecule has 0 spiro atoms. The summed E-state index contributed by atoms with van der Waals surface area (Å²) in [5.41, 5.74) is 1.27. The van der Waals surface area contributed by atoms with Crippen molar-refractivity contribution < 1.29 is 9.18 Å². The van der Waals surface area contributed by atoms with Crippen molar-refractivity contribution in [3.8, 4) is 0 Å². The van der Waals surface area contributed by atoms with Crippen LogP contribution in [0.4, 0.5) is 9.18 Å². The largest absolute Gasteiger partial charge is 0.337 e. The predicted molar refractivity (Wildman–Crippen MR) is 96.1 cm³/mol. The third-order valence-electron chi connectivity index (χ3n) is 4.08. The van der Waals surface area contributed by atoms with Crippen LogP contribution >= 0.6 is 11.3 Å². The lowest BCUT2D eigenvalue weighted by Crippen LogP contribution is -2.31. The number of thiophene rings is 1. The van der Waals surface area contributed by atoms with Gasteiger partial charge in [-0.15, -0.1) is 0 Å². The number of rotatable bonds is 5. The van der Waals surface area contributed by atoms with Gasteiger partial charge < -0.3 is 10.2 Å². The lowest BCUT2D eigenvalue weighted by atomic mass is 10.1. The first-order chi connectivity index (χ1) is 11.5. The van der Waals surface area contributed by atoms with Gasteiger partial charge in [0.25, 0.3) is 0 Å². The molecule has 0 aliphatic heterocycles. The first-order valence-corrected chi connectivity index (χ1v) is 8.73. The number of fused-ring (bicyclic) bond motifs is 1. The fourth-order valence-electron chi connectivity index (χ4n) is 2.82. The van der Waals surface area contributed by atoms with Gasteiger partial charge in [-0.05, 0) is 61.1 Å². The zero-order valence-corrected chi connectivity index (χ0v) is 14.5. The Kier molecular flexibility index (Phi) is 4.97. The van der Waals surface area contributed by atoms with E-state index in [9.17, 15) is 9.18 Å². The van der Waals surface area contributed by atoms with E-state index < -0.39 is 0 Å². The Morgan fingerprint density at radius 3 is 2.79 bits per heavy atom. The lowest BCUT2D eigenvalue weighted by Gasteiger charge is -2.23. The first-order valence-electron chi connectivity index (χ1n) is 7.78. The number of aromatic nitrogens is 1. The van der Waals surface area contributed by atoms with E-state index in [-0.39, 0.29) is 17.9 Å². The average molecular weight is 345 g/mol. The molecule has 0 unspecified atom stereocenters. The highest BCUT2D eigenvalue weighted by Crippen LogP contribution is 2.23. The maximum atomic E-state index is 13.2. The average Bonchev–Trinajstić information content (AvgIpc) is 3.19. The molecule has 1 amide bonds. The molecule has 0 radical (unpaired) electrons. The fourth-order valence-corrected chi connectivity index (χ4v) is 3.53. The van der Waals surface area contributed by atoms with E-state index in [4.69, 9.17) is 0 Å². The van der Waals surface area contributed by atoms with Gasteiger partial charge in [-0.2, -0.15) is 11.3 Å². The van der Waals surface area contributed by atoms with E-state index in [1.165, 1.54) is 22.3 Å². The van der Waals surface area contributed by atoms with Crippen molar-refractivity contribution in [2.24, 2.45) is 0 Å². The highest BCUT2D eigenvalue weighted by atomic mass is 32.1. The normalized spacial score (nSPS) is 12.7. The molecule has 126 valence electrons. The van der Waals surface area contributed by atoms with Gasteiger partial charge in [0.05, 0.1) is 0 Å². The molecule has 1 aromatic carbocycles. The zero-order chi connectivity index (χ0) is 17.1. The van der Waals surface area contributed by atoms with Gasteiger partial charge in [0.15, 0.2) is 0 Å². The fraction of sp³-hybridized carbons (Fsp3) is 0.278. The summed E-state index contributed by atoms with van der Waals surface area (Å²) >= 11 is 1.68. The van der Waals surface area contributed by atoms with Gasteiger partial charge in [-0.25, -0.2) is 9.18 Å². The molecule has 0 fully saturated rings. The molecule has 1 N–H and O–H groups in total. The second kappa shape index (κ2) is 7.15. The number of halogens is 1. The summed E-state index contributed by atoms with van der Waals surface area (Å²) in [4.78, 5) is 14.4. The van der Waals surface area contributed by atoms with Crippen molar-refractivity contribution in [2.75, 3.05) is 20.6 Å². The Labute approximate surface area is 144 Å². The molecule has 0 aliphatic rings. The molecule has 2 heterocycles. The van der Waals surface area contributed by atoms with Crippen LogP contribution in [0.5, 0.6) is 0 Å². The number of benzene rings is 1. The highest BCUT2D eigenvalue weighted by molar-refractivity contribution is 7.07. The molecular formula is C18H20FN3OS. The Balaban J connectivity index is 1.62. The maximum absolute atomic E-state index is 13.2. The van der Waals surface area contributed by atoms with Crippen molar-refractivity contribution in [2.45, 2.75) is 12.5 Å². The molecule has 2 aromatic heterocycles. The van der Waals surface area contributed by atoms with Crippen LogP contribution in [0.3, 0.4) is 0 Å². The Hall–Kier alpha value is -2.18. The van der Waals surface area contributed by atoms with Gasteiger partial charge in [-0.1, -0.05) is 0 Å². The summed E-state index contributed by atoms with van der Waals surface area (Å²) in [6.07, 6.45) is 4.19. The van der Waals surface area contributed by atoms with Crippen LogP contribution in [-0.2, 0) is 0 Å². The Morgan fingerprint density at radius 2 is 2.08 bits per heavy atom. The molecule has 3 aromatic rings. The molecule has 0 saturated heterocycles. The van der Waals surface area contributed by atoms with E-state index in [0.717, 1.165) is 17.2 Å². The summed E-state index contributed by atoms with van der Waals surface area (Å²) in [6.45, 7) is 0.570. The molecule has 4 nitrogen and oxygen atoms in total. The second-order valence-corrected chi connectivity index (χ2v) is 6.78. The van der Waals surface area contributed by atoms with Crippen molar-refractivity contribution in [1.29, 1.82) is 0 Å². The van der Waals surface area contributed by atoms with Crippen molar-refractivity contribution >= 4 is 28.1 Å². The summed E-state index contributed by atoms with van der Waals surface area (Å²) in [6, 6.07) is 6.69. The Bertz CT molecular complexity index is 826. The molecule has 24 heavy (non-hydrogen) atoms. The van der Waals surface area contributed by atoms with Gasteiger partial charge in [0, 0.05) is 35.8 Å². The molecule has 0 bridgehead atoms. The van der Waals surface area contributed by atoms with Crippen molar-refractivity contribution in [3.05, 3.63) is 58.8 Å². The summed E-state index contributed by atoms with van der Waals surface area (Å²) < 4.78 is 14.7. The number of nitrogens with zero attached hydrogens (tertiary/aromatic N) is 2.